The summed E-state index contributed by atoms with van der Waals surface area (Å²) >= 11 is 0. The summed E-state index contributed by atoms with van der Waals surface area (Å²) in [5.41, 5.74) is 9.03. The van der Waals surface area contributed by atoms with E-state index in [-0.39, 0.29) is 12.1 Å². The summed E-state index contributed by atoms with van der Waals surface area (Å²) in [6.07, 6.45) is 1.98. The van der Waals surface area contributed by atoms with Gasteiger partial charge in [0, 0.05) is 12.6 Å². The van der Waals surface area contributed by atoms with Gasteiger partial charge in [-0.25, -0.2) is 0 Å². The van der Waals surface area contributed by atoms with Crippen molar-refractivity contribution in [3.05, 3.63) is 35.4 Å². The van der Waals surface area contributed by atoms with Crippen LogP contribution in [0.4, 0.5) is 0 Å². The maximum atomic E-state index is 6.24. The van der Waals surface area contributed by atoms with E-state index < -0.39 is 0 Å². The third-order valence-electron chi connectivity index (χ3n) is 3.50. The average Bonchev–Trinajstić information content (AvgIpc) is 2.34. The zero-order valence-corrected chi connectivity index (χ0v) is 13.1. The van der Waals surface area contributed by atoms with Gasteiger partial charge in [-0.3, -0.25) is 0 Å². The van der Waals surface area contributed by atoms with Gasteiger partial charge in [0.15, 0.2) is 0 Å². The highest BCUT2D eigenvalue weighted by Crippen LogP contribution is 2.27. The predicted molar refractivity (Wildman–Crippen MR) is 82.2 cm³/mol. The van der Waals surface area contributed by atoms with Crippen molar-refractivity contribution in [2.24, 2.45) is 11.1 Å². The number of aryl methyl sites for hydroxylation is 1. The molecule has 0 amide bonds. The number of ether oxygens (including phenoxy) is 1. The fraction of sp³-hybridized carbons (Fsp3) is 0.647. The molecular weight excluding hydrogens is 234 g/mol. The molecule has 0 saturated heterocycles. The van der Waals surface area contributed by atoms with Gasteiger partial charge in [-0.05, 0) is 36.3 Å². The lowest BCUT2D eigenvalue weighted by Crippen LogP contribution is -2.30. The second kappa shape index (κ2) is 7.06. The Balaban J connectivity index is 2.76. The van der Waals surface area contributed by atoms with Crippen molar-refractivity contribution in [2.45, 2.75) is 59.6 Å². The number of benzene rings is 1. The average molecular weight is 263 g/mol. The molecule has 1 rings (SSSR count). The van der Waals surface area contributed by atoms with Crippen LogP contribution in [0.5, 0.6) is 0 Å². The van der Waals surface area contributed by atoms with Gasteiger partial charge in [0.25, 0.3) is 0 Å². The normalized spacial score (nSPS) is 15.3. The molecule has 0 aromatic heterocycles. The van der Waals surface area contributed by atoms with Crippen molar-refractivity contribution in [3.8, 4) is 0 Å². The molecular formula is C17H29NO. The van der Waals surface area contributed by atoms with E-state index >= 15 is 0 Å². The highest BCUT2D eigenvalue weighted by atomic mass is 16.5. The lowest BCUT2D eigenvalue weighted by molar-refractivity contribution is 0.0195. The van der Waals surface area contributed by atoms with E-state index in [0.29, 0.717) is 5.41 Å². The number of hydrogen-bond donors (Lipinski definition) is 1. The standard InChI is InChI=1S/C17H29NO/c1-6-15(18)16(19-12-11-17(3,4)5)14-10-8-7-9-13(14)2/h7-10,15-16H,6,11-12,18H2,1-5H3. The minimum absolute atomic E-state index is 0.00792. The minimum Gasteiger partial charge on any atom is -0.372 e. The Labute approximate surface area is 118 Å². The van der Waals surface area contributed by atoms with E-state index in [0.717, 1.165) is 19.4 Å². The third-order valence-corrected chi connectivity index (χ3v) is 3.50. The van der Waals surface area contributed by atoms with Crippen LogP contribution in [0.1, 0.15) is 57.8 Å². The van der Waals surface area contributed by atoms with Gasteiger partial charge >= 0.3 is 0 Å². The Hall–Kier alpha value is -0.860. The van der Waals surface area contributed by atoms with Crippen LogP contribution in [0.15, 0.2) is 24.3 Å². The smallest absolute Gasteiger partial charge is 0.0978 e. The maximum absolute atomic E-state index is 6.24. The molecule has 0 bridgehead atoms. The van der Waals surface area contributed by atoms with Gasteiger partial charge in [-0.2, -0.15) is 0 Å². The Kier molecular flexibility index (Phi) is 6.02. The summed E-state index contributed by atoms with van der Waals surface area (Å²) in [7, 11) is 0. The maximum Gasteiger partial charge on any atom is 0.0978 e. The summed E-state index contributed by atoms with van der Waals surface area (Å²) in [6, 6.07) is 8.43. The zero-order valence-electron chi connectivity index (χ0n) is 13.1. The van der Waals surface area contributed by atoms with E-state index in [2.05, 4.69) is 58.9 Å². The van der Waals surface area contributed by atoms with Crippen molar-refractivity contribution in [2.75, 3.05) is 6.61 Å². The van der Waals surface area contributed by atoms with E-state index in [4.69, 9.17) is 10.5 Å². The molecule has 19 heavy (non-hydrogen) atoms. The van der Waals surface area contributed by atoms with Gasteiger partial charge in [0.1, 0.15) is 0 Å². The van der Waals surface area contributed by atoms with Crippen molar-refractivity contribution < 1.29 is 4.74 Å². The van der Waals surface area contributed by atoms with Crippen LogP contribution < -0.4 is 5.73 Å². The quantitative estimate of drug-likeness (QED) is 0.833. The fourth-order valence-corrected chi connectivity index (χ4v) is 2.06. The molecule has 0 aliphatic rings. The SMILES string of the molecule is CCC(N)C(OCCC(C)(C)C)c1ccccc1C. The Morgan fingerprint density at radius 2 is 1.84 bits per heavy atom. The van der Waals surface area contributed by atoms with Crippen molar-refractivity contribution >= 4 is 0 Å². The summed E-state index contributed by atoms with van der Waals surface area (Å²) in [5, 5.41) is 0. The fourth-order valence-electron chi connectivity index (χ4n) is 2.06. The third kappa shape index (κ3) is 5.33. The monoisotopic (exact) mass is 263 g/mol. The molecule has 2 N–H and O–H groups in total. The zero-order chi connectivity index (χ0) is 14.5. The lowest BCUT2D eigenvalue weighted by atomic mass is 9.92. The summed E-state index contributed by atoms with van der Waals surface area (Å²) in [4.78, 5) is 0. The molecule has 0 spiro atoms. The van der Waals surface area contributed by atoms with Gasteiger partial charge in [-0.15, -0.1) is 0 Å². The Bertz CT molecular complexity index is 381. The van der Waals surface area contributed by atoms with Gasteiger partial charge < -0.3 is 10.5 Å². The summed E-state index contributed by atoms with van der Waals surface area (Å²) in [6.45, 7) is 11.7. The van der Waals surface area contributed by atoms with Crippen LogP contribution in [-0.4, -0.2) is 12.6 Å². The van der Waals surface area contributed by atoms with Gasteiger partial charge in [0.05, 0.1) is 6.10 Å². The molecule has 2 unspecified atom stereocenters. The Morgan fingerprint density at radius 3 is 2.37 bits per heavy atom. The number of rotatable bonds is 6. The molecule has 1 aromatic rings. The van der Waals surface area contributed by atoms with Crippen LogP contribution in [0, 0.1) is 12.3 Å². The molecule has 108 valence electrons. The molecule has 0 fully saturated rings. The number of nitrogens with two attached hydrogens (primary N) is 1. The second-order valence-corrected chi connectivity index (χ2v) is 6.53. The predicted octanol–water partition coefficient (Wildman–Crippen LogP) is 4.23. The molecule has 0 aliphatic heterocycles. The largest absolute Gasteiger partial charge is 0.372 e. The molecule has 2 nitrogen and oxygen atoms in total. The molecule has 0 heterocycles. The number of hydrogen-bond acceptors (Lipinski definition) is 2. The van der Waals surface area contributed by atoms with Gasteiger partial charge in [0.2, 0.25) is 0 Å². The van der Waals surface area contributed by atoms with E-state index in [1.165, 1.54) is 11.1 Å². The van der Waals surface area contributed by atoms with E-state index in [9.17, 15) is 0 Å². The first-order chi connectivity index (χ1) is 8.85. The van der Waals surface area contributed by atoms with Crippen LogP contribution in [0.2, 0.25) is 0 Å². The summed E-state index contributed by atoms with van der Waals surface area (Å²) < 4.78 is 6.11. The first-order valence-corrected chi connectivity index (χ1v) is 7.28. The highest BCUT2D eigenvalue weighted by Gasteiger charge is 2.21. The van der Waals surface area contributed by atoms with Crippen LogP contribution in [-0.2, 0) is 4.74 Å². The highest BCUT2D eigenvalue weighted by molar-refractivity contribution is 5.28. The molecule has 0 saturated carbocycles. The lowest BCUT2D eigenvalue weighted by Gasteiger charge is -2.27. The van der Waals surface area contributed by atoms with Crippen molar-refractivity contribution in [1.29, 1.82) is 0 Å². The van der Waals surface area contributed by atoms with Crippen molar-refractivity contribution in [1.82, 2.24) is 0 Å². The van der Waals surface area contributed by atoms with Crippen LogP contribution in [0.25, 0.3) is 0 Å². The molecule has 0 aliphatic carbocycles. The van der Waals surface area contributed by atoms with E-state index in [1.807, 2.05) is 0 Å². The first kappa shape index (κ1) is 16.2. The minimum atomic E-state index is 0.00792. The molecule has 2 atom stereocenters. The molecule has 0 radical (unpaired) electrons. The van der Waals surface area contributed by atoms with E-state index in [1.54, 1.807) is 0 Å². The van der Waals surface area contributed by atoms with Gasteiger partial charge in [-0.1, -0.05) is 52.0 Å². The molecule has 1 aromatic carbocycles. The topological polar surface area (TPSA) is 35.2 Å². The molecule has 2 heteroatoms. The van der Waals surface area contributed by atoms with Crippen LogP contribution >= 0.6 is 0 Å². The first-order valence-electron chi connectivity index (χ1n) is 7.28. The van der Waals surface area contributed by atoms with Crippen LogP contribution in [0.3, 0.4) is 0 Å². The van der Waals surface area contributed by atoms with Crippen molar-refractivity contribution in [3.63, 3.8) is 0 Å². The Morgan fingerprint density at radius 1 is 1.21 bits per heavy atom. The summed E-state index contributed by atoms with van der Waals surface area (Å²) in [5.74, 6) is 0. The second-order valence-electron chi connectivity index (χ2n) is 6.53.